The molecule has 0 spiro atoms. The molecule has 1 saturated heterocycles. The normalized spacial score (nSPS) is 16.3. The van der Waals surface area contributed by atoms with Gasteiger partial charge in [-0.15, -0.1) is 0 Å². The molecule has 2 aromatic rings. The lowest BCUT2D eigenvalue weighted by Gasteiger charge is -2.32. The van der Waals surface area contributed by atoms with Crippen molar-refractivity contribution in [1.82, 2.24) is 15.3 Å². The summed E-state index contributed by atoms with van der Waals surface area (Å²) in [4.78, 5) is 20.8. The molecule has 2 heterocycles. The number of nitrogens with one attached hydrogen (secondary N) is 2. The first-order valence-corrected chi connectivity index (χ1v) is 10.4. The maximum Gasteiger partial charge on any atom is 0.494 e. The first-order chi connectivity index (χ1) is 15.0. The number of carbonyl (C=O) groups excluding carboxylic acids is 1. The number of aromatic nitrogens is 2. The highest BCUT2D eigenvalue weighted by molar-refractivity contribution is 6.62. The first-order valence-electron chi connectivity index (χ1n) is 10.4. The third kappa shape index (κ3) is 5.15. The van der Waals surface area contributed by atoms with Gasteiger partial charge in [0.05, 0.1) is 17.4 Å². The fourth-order valence-electron chi connectivity index (χ4n) is 3.00. The van der Waals surface area contributed by atoms with Gasteiger partial charge in [-0.05, 0) is 45.6 Å². The van der Waals surface area contributed by atoms with Crippen LogP contribution >= 0.6 is 0 Å². The maximum absolute atomic E-state index is 12.5. The number of nitrogens with zero attached hydrogens (tertiary/aromatic N) is 3. The average molecular weight is 433 g/mol. The van der Waals surface area contributed by atoms with E-state index in [4.69, 9.17) is 14.6 Å². The molecule has 1 aliphatic heterocycles. The van der Waals surface area contributed by atoms with Gasteiger partial charge in [-0.3, -0.25) is 4.79 Å². The Labute approximate surface area is 189 Å². The summed E-state index contributed by atoms with van der Waals surface area (Å²) in [5.74, 6) is -0.116. The number of hydrogen-bond acceptors (Lipinski definition) is 7. The van der Waals surface area contributed by atoms with Gasteiger partial charge in [0.2, 0.25) is 0 Å². The van der Waals surface area contributed by atoms with Crippen molar-refractivity contribution in [3.63, 3.8) is 0 Å². The zero-order valence-corrected chi connectivity index (χ0v) is 19.2. The van der Waals surface area contributed by atoms with Crippen molar-refractivity contribution >= 4 is 24.3 Å². The predicted molar refractivity (Wildman–Crippen MR) is 123 cm³/mol. The molecular weight excluding hydrogens is 405 g/mol. The van der Waals surface area contributed by atoms with E-state index in [1.165, 1.54) is 6.20 Å². The van der Waals surface area contributed by atoms with Gasteiger partial charge in [-0.1, -0.05) is 36.4 Å². The van der Waals surface area contributed by atoms with Crippen LogP contribution in [0.4, 0.5) is 5.82 Å². The van der Waals surface area contributed by atoms with Crippen molar-refractivity contribution in [2.45, 2.75) is 52.4 Å². The van der Waals surface area contributed by atoms with E-state index in [-0.39, 0.29) is 11.4 Å². The van der Waals surface area contributed by atoms with Gasteiger partial charge in [0.15, 0.2) is 17.2 Å². The van der Waals surface area contributed by atoms with E-state index in [1.54, 1.807) is 0 Å². The second-order valence-electron chi connectivity index (χ2n) is 8.89. The average Bonchev–Trinajstić information content (AvgIpc) is 2.97. The Kier molecular flexibility index (Phi) is 6.67. The van der Waals surface area contributed by atoms with Gasteiger partial charge < -0.3 is 19.9 Å². The minimum absolute atomic E-state index is 0.0686. The summed E-state index contributed by atoms with van der Waals surface area (Å²) in [6.07, 6.45) is 1.33. The quantitative estimate of drug-likeness (QED) is 0.510. The highest BCUT2D eigenvalue weighted by atomic mass is 16.7. The Morgan fingerprint density at radius 3 is 2.38 bits per heavy atom. The van der Waals surface area contributed by atoms with Gasteiger partial charge in [-0.25, -0.2) is 9.97 Å². The predicted octanol–water partition coefficient (Wildman–Crippen LogP) is 2.57. The van der Waals surface area contributed by atoms with Crippen LogP contribution in [0.1, 0.15) is 56.4 Å². The first kappa shape index (κ1) is 23.4. The Morgan fingerprint density at radius 1 is 1.19 bits per heavy atom. The molecule has 0 aliphatic carbocycles. The summed E-state index contributed by atoms with van der Waals surface area (Å²) in [7, 11) is -0.421. The smallest absolute Gasteiger partial charge is 0.399 e. The SMILES string of the molecule is C=C(C)CNC(=O)c1nc(C#N)cnc1NCc1ccc(B2OC(C)(C)C(C)(C)O2)cc1. The second kappa shape index (κ2) is 9.11. The van der Waals surface area contributed by atoms with Crippen molar-refractivity contribution in [2.75, 3.05) is 11.9 Å². The topological polar surface area (TPSA) is 109 Å². The minimum Gasteiger partial charge on any atom is -0.399 e. The summed E-state index contributed by atoms with van der Waals surface area (Å²) in [5.41, 5.74) is 2.07. The molecule has 0 atom stereocenters. The van der Waals surface area contributed by atoms with Gasteiger partial charge in [-0.2, -0.15) is 5.26 Å². The van der Waals surface area contributed by atoms with Crippen molar-refractivity contribution in [2.24, 2.45) is 0 Å². The van der Waals surface area contributed by atoms with Crippen LogP contribution in [-0.2, 0) is 15.9 Å². The second-order valence-corrected chi connectivity index (χ2v) is 8.89. The minimum atomic E-state index is -0.421. The molecule has 2 N–H and O–H groups in total. The van der Waals surface area contributed by atoms with E-state index in [2.05, 4.69) is 27.2 Å². The fraction of sp³-hybridized carbons (Fsp3) is 0.391. The van der Waals surface area contributed by atoms with Gasteiger partial charge in [0, 0.05) is 13.1 Å². The van der Waals surface area contributed by atoms with E-state index < -0.39 is 24.2 Å². The molecule has 0 unspecified atom stereocenters. The van der Waals surface area contributed by atoms with Crippen LogP contribution in [0.15, 0.2) is 42.6 Å². The van der Waals surface area contributed by atoms with E-state index >= 15 is 0 Å². The third-order valence-corrected chi connectivity index (χ3v) is 5.62. The van der Waals surface area contributed by atoms with Crippen LogP contribution in [0.2, 0.25) is 0 Å². The van der Waals surface area contributed by atoms with Crippen LogP contribution in [0.25, 0.3) is 0 Å². The number of benzene rings is 1. The molecule has 3 rings (SSSR count). The third-order valence-electron chi connectivity index (χ3n) is 5.62. The Balaban J connectivity index is 1.70. The van der Waals surface area contributed by atoms with E-state index in [0.717, 1.165) is 16.6 Å². The molecule has 0 radical (unpaired) electrons. The van der Waals surface area contributed by atoms with E-state index in [9.17, 15) is 4.79 Å². The van der Waals surface area contributed by atoms with Crippen molar-refractivity contribution in [1.29, 1.82) is 5.26 Å². The molecule has 1 aromatic heterocycles. The molecule has 32 heavy (non-hydrogen) atoms. The van der Waals surface area contributed by atoms with Gasteiger partial charge in [0.25, 0.3) is 5.91 Å². The highest BCUT2D eigenvalue weighted by Gasteiger charge is 2.51. The molecule has 9 heteroatoms. The summed E-state index contributed by atoms with van der Waals surface area (Å²) in [6, 6.07) is 9.76. The van der Waals surface area contributed by atoms with Crippen LogP contribution in [0.3, 0.4) is 0 Å². The van der Waals surface area contributed by atoms with Crippen LogP contribution in [0.5, 0.6) is 0 Å². The number of carbonyl (C=O) groups is 1. The summed E-state index contributed by atoms with van der Waals surface area (Å²) >= 11 is 0. The summed E-state index contributed by atoms with van der Waals surface area (Å²) < 4.78 is 12.2. The Morgan fingerprint density at radius 2 is 1.81 bits per heavy atom. The summed E-state index contributed by atoms with van der Waals surface area (Å²) in [6.45, 7) is 14.4. The van der Waals surface area contributed by atoms with Gasteiger partial charge in [0.1, 0.15) is 6.07 Å². The van der Waals surface area contributed by atoms with Crippen molar-refractivity contribution in [3.05, 3.63) is 59.6 Å². The lowest BCUT2D eigenvalue weighted by molar-refractivity contribution is 0.00578. The van der Waals surface area contributed by atoms with Gasteiger partial charge >= 0.3 is 7.12 Å². The molecule has 0 saturated carbocycles. The maximum atomic E-state index is 12.5. The lowest BCUT2D eigenvalue weighted by Crippen LogP contribution is -2.41. The zero-order valence-electron chi connectivity index (χ0n) is 19.2. The molecule has 1 amide bonds. The van der Waals surface area contributed by atoms with Crippen LogP contribution < -0.4 is 16.1 Å². The molecule has 166 valence electrons. The molecular formula is C23H28BN5O3. The van der Waals surface area contributed by atoms with E-state index in [1.807, 2.05) is 65.0 Å². The van der Waals surface area contributed by atoms with Crippen molar-refractivity contribution in [3.8, 4) is 6.07 Å². The van der Waals surface area contributed by atoms with Crippen molar-refractivity contribution < 1.29 is 14.1 Å². The molecule has 1 aliphatic rings. The molecule has 1 fully saturated rings. The number of anilines is 1. The lowest BCUT2D eigenvalue weighted by atomic mass is 9.79. The molecule has 1 aromatic carbocycles. The largest absolute Gasteiger partial charge is 0.494 e. The fourth-order valence-corrected chi connectivity index (χ4v) is 3.00. The van der Waals surface area contributed by atoms with Crippen LogP contribution in [-0.4, -0.2) is 40.7 Å². The molecule has 0 bridgehead atoms. The monoisotopic (exact) mass is 433 g/mol. The summed E-state index contributed by atoms with van der Waals surface area (Å²) in [5, 5.41) is 15.0. The Bertz CT molecular complexity index is 1040. The number of amides is 1. The van der Waals surface area contributed by atoms with E-state index in [0.29, 0.717) is 18.9 Å². The zero-order chi connectivity index (χ0) is 23.5. The highest BCUT2D eigenvalue weighted by Crippen LogP contribution is 2.36. The number of hydrogen-bond donors (Lipinski definition) is 2. The number of nitriles is 1. The standard InChI is InChI=1S/C23H28BN5O3/c1-15(2)12-28-21(30)19-20(27-14-18(11-25)29-19)26-13-16-7-9-17(10-8-16)24-31-22(3,4)23(5,6)32-24/h7-10,14H,1,12-13H2,2-6H3,(H,26,27)(H,28,30). The van der Waals surface area contributed by atoms with Crippen LogP contribution in [0, 0.1) is 11.3 Å². The number of rotatable bonds is 7. The Hall–Kier alpha value is -3.22. The molecule has 8 nitrogen and oxygen atoms in total.